The number of guanidine groups is 1. The second-order valence-electron chi connectivity index (χ2n) is 6.36. The molecular weight excluding hydrogens is 397 g/mol. The van der Waals surface area contributed by atoms with Crippen molar-refractivity contribution in [1.82, 2.24) is 0 Å². The van der Waals surface area contributed by atoms with E-state index in [0.29, 0.717) is 29.1 Å². The number of thioether (sulfide) groups is 1. The van der Waals surface area contributed by atoms with Crippen LogP contribution in [0.5, 0.6) is 0 Å². The number of nitrogens with one attached hydrogen (secondary N) is 3. The van der Waals surface area contributed by atoms with Crippen molar-refractivity contribution in [2.45, 2.75) is 25.8 Å². The third-order valence-electron chi connectivity index (χ3n) is 4.07. The van der Waals surface area contributed by atoms with Crippen LogP contribution in [0.15, 0.2) is 44.4 Å². The summed E-state index contributed by atoms with van der Waals surface area (Å²) in [5.74, 6) is 1.96. The second kappa shape index (κ2) is 11.3. The maximum Gasteiger partial charge on any atom is 1.00 e. The molecule has 0 amide bonds. The zero-order chi connectivity index (χ0) is 19.2. The minimum Gasteiger partial charge on any atom is -0.439 e. The molecule has 0 atom stereocenters. The zero-order valence-electron chi connectivity index (χ0n) is 16.5. The van der Waals surface area contributed by atoms with Gasteiger partial charge >= 0.3 is 51.4 Å². The fraction of sp³-hybridized carbons (Fsp3) is 0.368. The molecule has 3 rings (SSSR count). The average molecular weight is 422 g/mol. The molecule has 0 saturated heterocycles. The van der Waals surface area contributed by atoms with Crippen LogP contribution in [-0.2, 0) is 0 Å². The van der Waals surface area contributed by atoms with E-state index in [1.165, 1.54) is 6.21 Å². The normalized spacial score (nSPS) is 18.9. The van der Waals surface area contributed by atoms with E-state index in [9.17, 15) is 0 Å². The predicted octanol–water partition coefficient (Wildman–Crippen LogP) is -0.0139. The Kier molecular flexibility index (Phi) is 9.38. The Balaban J connectivity index is 0.00000280. The van der Waals surface area contributed by atoms with Gasteiger partial charge in [-0.15, -0.1) is 0 Å². The maximum absolute atomic E-state index is 7.81. The van der Waals surface area contributed by atoms with E-state index in [-0.39, 0.29) is 51.4 Å². The summed E-state index contributed by atoms with van der Waals surface area (Å²) in [6.07, 6.45) is 8.51. The van der Waals surface area contributed by atoms with Crippen LogP contribution in [-0.4, -0.2) is 48.8 Å². The number of rotatable bonds is 7. The first-order valence-corrected chi connectivity index (χ1v) is 10.2. The average Bonchev–Trinajstić information content (AvgIpc) is 3.46. The first-order chi connectivity index (χ1) is 13.1. The second-order valence-corrected chi connectivity index (χ2v) is 7.34. The summed E-state index contributed by atoms with van der Waals surface area (Å²) < 4.78 is 0. The van der Waals surface area contributed by atoms with E-state index in [1.54, 1.807) is 18.7 Å². The van der Waals surface area contributed by atoms with E-state index in [2.05, 4.69) is 38.1 Å². The standard InChI is InChI=1S/C19H24N7S.K/c1-12(21)15-11-23-19(26-18(15)24-13-6-7-13)25-17-5-3-4-16(14(17)10-20)22-8-9-27-2;/h3-5,10,13,20,22H,6-9,21H2,1-2H3,(H,24,25,26);/q-1;+1/b15-12+,20-10?;. The topological polar surface area (TPSA) is 111 Å². The third kappa shape index (κ3) is 6.26. The molecule has 5 N–H and O–H groups in total. The Bertz CT molecular complexity index is 837. The van der Waals surface area contributed by atoms with E-state index in [1.807, 2.05) is 18.2 Å². The SMILES string of the molecule is CSCCNc1cccc(NC2=NC(=NC3CC3)/C(=C(\C)N)[C-]=N2)c1C=N.[K+]. The molecule has 0 radical (unpaired) electrons. The van der Waals surface area contributed by atoms with Crippen molar-refractivity contribution in [3.8, 4) is 0 Å². The third-order valence-corrected chi connectivity index (χ3v) is 4.69. The Morgan fingerprint density at radius 2 is 2.18 bits per heavy atom. The molecule has 0 unspecified atom stereocenters. The van der Waals surface area contributed by atoms with E-state index in [0.717, 1.165) is 42.1 Å². The fourth-order valence-corrected chi connectivity index (χ4v) is 2.83. The van der Waals surface area contributed by atoms with Crippen molar-refractivity contribution in [1.29, 1.82) is 5.41 Å². The molecule has 7 nitrogen and oxygen atoms in total. The summed E-state index contributed by atoms with van der Waals surface area (Å²) in [6.45, 7) is 2.63. The number of hydrogen-bond acceptors (Lipinski definition) is 7. The van der Waals surface area contributed by atoms with Crippen molar-refractivity contribution in [2.24, 2.45) is 20.7 Å². The first kappa shape index (κ1) is 23.3. The molecule has 28 heavy (non-hydrogen) atoms. The summed E-state index contributed by atoms with van der Waals surface area (Å²) in [5, 5.41) is 14.4. The van der Waals surface area contributed by atoms with Gasteiger partial charge in [-0.1, -0.05) is 24.3 Å². The van der Waals surface area contributed by atoms with Gasteiger partial charge in [0.1, 0.15) is 5.96 Å². The van der Waals surface area contributed by atoms with E-state index in [4.69, 9.17) is 11.1 Å². The number of nitrogens with zero attached hydrogens (tertiary/aromatic N) is 3. The number of nitrogens with two attached hydrogens (primary N) is 1. The van der Waals surface area contributed by atoms with Gasteiger partial charge in [-0.3, -0.25) is 4.99 Å². The summed E-state index contributed by atoms with van der Waals surface area (Å²) >= 11 is 1.77. The van der Waals surface area contributed by atoms with Crippen molar-refractivity contribution >= 4 is 47.4 Å². The van der Waals surface area contributed by atoms with E-state index >= 15 is 0 Å². The maximum atomic E-state index is 7.81. The van der Waals surface area contributed by atoms with Crippen molar-refractivity contribution in [3.05, 3.63) is 35.0 Å². The number of amidine groups is 1. The van der Waals surface area contributed by atoms with Crippen LogP contribution >= 0.6 is 11.8 Å². The van der Waals surface area contributed by atoms with Crippen LogP contribution in [0.4, 0.5) is 11.4 Å². The molecule has 1 aromatic carbocycles. The Labute approximate surface area is 212 Å². The van der Waals surface area contributed by atoms with Crippen LogP contribution < -0.4 is 67.8 Å². The van der Waals surface area contributed by atoms with Gasteiger partial charge < -0.3 is 31.8 Å². The molecule has 1 saturated carbocycles. The number of benzene rings is 1. The molecule has 1 fully saturated rings. The Morgan fingerprint density at radius 3 is 2.82 bits per heavy atom. The van der Waals surface area contributed by atoms with Crippen molar-refractivity contribution in [3.63, 3.8) is 0 Å². The number of aliphatic imine (C=N–C) groups is 3. The summed E-state index contributed by atoms with van der Waals surface area (Å²) in [5.41, 5.74) is 9.58. The van der Waals surface area contributed by atoms with Crippen LogP contribution in [0.1, 0.15) is 25.3 Å². The Morgan fingerprint density at radius 1 is 1.43 bits per heavy atom. The molecule has 0 aromatic heterocycles. The van der Waals surface area contributed by atoms with Gasteiger partial charge in [0, 0.05) is 41.5 Å². The molecule has 1 heterocycles. The molecule has 1 aliphatic carbocycles. The van der Waals surface area contributed by atoms with Gasteiger partial charge in [-0.25, -0.2) is 0 Å². The van der Waals surface area contributed by atoms with Crippen LogP contribution in [0.2, 0.25) is 0 Å². The molecule has 0 bridgehead atoms. The van der Waals surface area contributed by atoms with Gasteiger partial charge in [0.25, 0.3) is 0 Å². The summed E-state index contributed by atoms with van der Waals surface area (Å²) in [7, 11) is 0. The Hall–Kier alpha value is -0.974. The van der Waals surface area contributed by atoms with Gasteiger partial charge in [0.05, 0.1) is 5.84 Å². The molecule has 2 aliphatic rings. The number of allylic oxidation sites excluding steroid dienone is 1. The van der Waals surface area contributed by atoms with Crippen molar-refractivity contribution < 1.29 is 51.4 Å². The molecule has 1 aliphatic heterocycles. The fourth-order valence-electron chi connectivity index (χ4n) is 2.52. The molecule has 9 heteroatoms. The molecular formula is C19H24KN7S. The van der Waals surface area contributed by atoms with E-state index < -0.39 is 0 Å². The van der Waals surface area contributed by atoms with Crippen LogP contribution in [0.3, 0.4) is 0 Å². The van der Waals surface area contributed by atoms with Gasteiger partial charge in [-0.05, 0) is 37.4 Å². The first-order valence-electron chi connectivity index (χ1n) is 8.85. The van der Waals surface area contributed by atoms with Gasteiger partial charge in [-0.2, -0.15) is 11.8 Å². The number of hydrogen-bond donors (Lipinski definition) is 4. The van der Waals surface area contributed by atoms with Gasteiger partial charge in [0.15, 0.2) is 0 Å². The minimum atomic E-state index is 0. The van der Waals surface area contributed by atoms with Crippen LogP contribution in [0.25, 0.3) is 0 Å². The largest absolute Gasteiger partial charge is 1.00 e. The van der Waals surface area contributed by atoms with Crippen LogP contribution in [0, 0.1) is 5.41 Å². The van der Waals surface area contributed by atoms with Crippen molar-refractivity contribution in [2.75, 3.05) is 29.2 Å². The smallest absolute Gasteiger partial charge is 0.439 e. The molecule has 0 spiro atoms. The molecule has 142 valence electrons. The monoisotopic (exact) mass is 421 g/mol. The zero-order valence-corrected chi connectivity index (χ0v) is 20.5. The predicted molar refractivity (Wildman–Crippen MR) is 117 cm³/mol. The number of anilines is 2. The summed E-state index contributed by atoms with van der Waals surface area (Å²) in [6, 6.07) is 6.11. The quantitative estimate of drug-likeness (QED) is 0.215. The van der Waals surface area contributed by atoms with Gasteiger partial charge in [0.2, 0.25) is 0 Å². The summed E-state index contributed by atoms with van der Waals surface area (Å²) in [4.78, 5) is 13.4. The molecule has 1 aromatic rings. The minimum absolute atomic E-state index is 0.